The Balaban J connectivity index is 1.70. The van der Waals surface area contributed by atoms with Crippen LogP contribution in [0.5, 0.6) is 0 Å². The predicted molar refractivity (Wildman–Crippen MR) is 82.1 cm³/mol. The number of halogens is 1. The van der Waals surface area contributed by atoms with Gasteiger partial charge in [-0.25, -0.2) is 9.97 Å². The molecule has 2 aromatic rings. The van der Waals surface area contributed by atoms with Crippen molar-refractivity contribution in [3.8, 4) is 0 Å². The molecule has 0 aliphatic heterocycles. The Morgan fingerprint density at radius 3 is 2.63 bits per heavy atom. The number of thioether (sulfide) groups is 1. The molecule has 1 aliphatic carbocycles. The van der Waals surface area contributed by atoms with Crippen molar-refractivity contribution in [2.24, 2.45) is 0 Å². The number of benzene rings is 1. The van der Waals surface area contributed by atoms with Crippen molar-refractivity contribution in [1.29, 1.82) is 0 Å². The van der Waals surface area contributed by atoms with Crippen LogP contribution in [-0.4, -0.2) is 9.97 Å². The molecule has 19 heavy (non-hydrogen) atoms. The zero-order chi connectivity index (χ0) is 13.2. The highest BCUT2D eigenvalue weighted by molar-refractivity contribution is 9.10. The number of hydrogen-bond donors (Lipinski definition) is 1. The van der Waals surface area contributed by atoms with Crippen LogP contribution in [-0.2, 0) is 5.75 Å². The van der Waals surface area contributed by atoms with Gasteiger partial charge in [-0.3, -0.25) is 0 Å². The number of nitrogen functional groups attached to an aromatic ring is 1. The van der Waals surface area contributed by atoms with Crippen LogP contribution in [0, 0.1) is 0 Å². The molecule has 1 fully saturated rings. The van der Waals surface area contributed by atoms with Crippen molar-refractivity contribution in [1.82, 2.24) is 9.97 Å². The lowest BCUT2D eigenvalue weighted by Gasteiger charge is -2.05. The number of aromatic nitrogens is 2. The van der Waals surface area contributed by atoms with E-state index < -0.39 is 0 Å². The summed E-state index contributed by atoms with van der Waals surface area (Å²) in [6, 6.07) is 10.2. The summed E-state index contributed by atoms with van der Waals surface area (Å²) in [5.41, 5.74) is 6.96. The fraction of sp³-hybridized carbons (Fsp3) is 0.286. The topological polar surface area (TPSA) is 51.8 Å². The molecule has 3 nitrogen and oxygen atoms in total. The number of nitrogens with two attached hydrogens (primary N) is 1. The van der Waals surface area contributed by atoms with Crippen LogP contribution in [0.3, 0.4) is 0 Å². The van der Waals surface area contributed by atoms with Crippen molar-refractivity contribution in [2.45, 2.75) is 29.4 Å². The Labute approximate surface area is 125 Å². The highest BCUT2D eigenvalue weighted by Gasteiger charge is 2.25. The smallest absolute Gasteiger partial charge is 0.141 e. The number of hydrogen-bond acceptors (Lipinski definition) is 4. The summed E-state index contributed by atoms with van der Waals surface area (Å²) in [5.74, 6) is 2.78. The number of anilines is 1. The van der Waals surface area contributed by atoms with Gasteiger partial charge in [0.2, 0.25) is 0 Å². The summed E-state index contributed by atoms with van der Waals surface area (Å²) in [7, 11) is 0. The summed E-state index contributed by atoms with van der Waals surface area (Å²) in [6.07, 6.45) is 2.46. The maximum absolute atomic E-state index is 5.85. The molecule has 0 saturated heterocycles. The lowest BCUT2D eigenvalue weighted by atomic mass is 10.3. The highest BCUT2D eigenvalue weighted by atomic mass is 79.9. The minimum Gasteiger partial charge on any atom is -0.384 e. The van der Waals surface area contributed by atoms with Crippen LogP contribution in [0.1, 0.15) is 30.3 Å². The van der Waals surface area contributed by atoms with Gasteiger partial charge in [0.25, 0.3) is 0 Å². The molecule has 0 spiro atoms. The number of rotatable bonds is 4. The standard InChI is InChI=1S/C14H14BrN3S/c15-10-3-5-11(6-4-10)19-8-14-17-12(9-1-2-9)7-13(16)18-14/h3-7,9H,1-2,8H2,(H2,16,17,18). The van der Waals surface area contributed by atoms with E-state index in [1.165, 1.54) is 17.7 Å². The van der Waals surface area contributed by atoms with Crippen molar-refractivity contribution in [3.63, 3.8) is 0 Å². The summed E-state index contributed by atoms with van der Waals surface area (Å²) < 4.78 is 1.09. The molecule has 3 rings (SSSR count). The van der Waals surface area contributed by atoms with E-state index in [1.54, 1.807) is 11.8 Å². The lowest BCUT2D eigenvalue weighted by Crippen LogP contribution is -2.01. The van der Waals surface area contributed by atoms with E-state index in [1.807, 2.05) is 18.2 Å². The Kier molecular flexibility index (Phi) is 3.75. The van der Waals surface area contributed by atoms with E-state index in [4.69, 9.17) is 5.73 Å². The van der Waals surface area contributed by atoms with E-state index in [0.29, 0.717) is 11.7 Å². The first kappa shape index (κ1) is 12.9. The first-order valence-electron chi connectivity index (χ1n) is 6.22. The second-order valence-electron chi connectivity index (χ2n) is 4.65. The predicted octanol–water partition coefficient (Wildman–Crippen LogP) is 3.99. The maximum Gasteiger partial charge on any atom is 0.141 e. The molecule has 1 aromatic heterocycles. The minimum absolute atomic E-state index is 0.586. The Bertz CT molecular complexity index is 582. The second kappa shape index (κ2) is 5.51. The van der Waals surface area contributed by atoms with Crippen molar-refractivity contribution in [3.05, 3.63) is 46.3 Å². The fourth-order valence-corrected chi connectivity index (χ4v) is 2.89. The SMILES string of the molecule is Nc1cc(C2CC2)nc(CSc2ccc(Br)cc2)n1. The zero-order valence-electron chi connectivity index (χ0n) is 10.3. The van der Waals surface area contributed by atoms with Crippen molar-refractivity contribution in [2.75, 3.05) is 5.73 Å². The van der Waals surface area contributed by atoms with Gasteiger partial charge in [-0.15, -0.1) is 11.8 Å². The van der Waals surface area contributed by atoms with Gasteiger partial charge in [0.05, 0.1) is 5.75 Å². The fourth-order valence-electron chi connectivity index (χ4n) is 1.87. The molecule has 1 aromatic carbocycles. The molecular weight excluding hydrogens is 322 g/mol. The monoisotopic (exact) mass is 335 g/mol. The van der Waals surface area contributed by atoms with E-state index in [2.05, 4.69) is 38.0 Å². The van der Waals surface area contributed by atoms with Crippen LogP contribution in [0.2, 0.25) is 0 Å². The summed E-state index contributed by atoms with van der Waals surface area (Å²) in [5, 5.41) is 0. The number of nitrogens with zero attached hydrogens (tertiary/aromatic N) is 2. The molecule has 1 saturated carbocycles. The molecule has 98 valence electrons. The molecule has 0 radical (unpaired) electrons. The van der Waals surface area contributed by atoms with Gasteiger partial charge < -0.3 is 5.73 Å². The Morgan fingerprint density at radius 2 is 1.95 bits per heavy atom. The average Bonchev–Trinajstić information content (AvgIpc) is 3.22. The third-order valence-corrected chi connectivity index (χ3v) is 4.53. The third-order valence-electron chi connectivity index (χ3n) is 2.99. The maximum atomic E-state index is 5.85. The van der Waals surface area contributed by atoms with Gasteiger partial charge in [0.1, 0.15) is 11.6 Å². The van der Waals surface area contributed by atoms with Gasteiger partial charge in [0, 0.05) is 27.0 Å². The van der Waals surface area contributed by atoms with E-state index in [0.717, 1.165) is 21.7 Å². The molecule has 0 bridgehead atoms. The minimum atomic E-state index is 0.586. The molecule has 0 atom stereocenters. The summed E-state index contributed by atoms with van der Waals surface area (Å²) >= 11 is 5.16. The van der Waals surface area contributed by atoms with Crippen molar-refractivity contribution >= 4 is 33.5 Å². The van der Waals surface area contributed by atoms with Crippen LogP contribution in [0.25, 0.3) is 0 Å². The molecule has 2 N–H and O–H groups in total. The average molecular weight is 336 g/mol. The normalized spacial score (nSPS) is 14.6. The van der Waals surface area contributed by atoms with Gasteiger partial charge in [-0.2, -0.15) is 0 Å². The molecule has 1 aliphatic rings. The zero-order valence-corrected chi connectivity index (χ0v) is 12.7. The van der Waals surface area contributed by atoms with E-state index >= 15 is 0 Å². The van der Waals surface area contributed by atoms with Gasteiger partial charge in [-0.1, -0.05) is 15.9 Å². The quantitative estimate of drug-likeness (QED) is 0.858. The molecule has 1 heterocycles. The summed E-state index contributed by atoms with van der Waals surface area (Å²) in [6.45, 7) is 0. The second-order valence-corrected chi connectivity index (χ2v) is 6.62. The molecule has 5 heteroatoms. The van der Waals surface area contributed by atoms with Crippen LogP contribution in [0.4, 0.5) is 5.82 Å². The van der Waals surface area contributed by atoms with Crippen LogP contribution >= 0.6 is 27.7 Å². The van der Waals surface area contributed by atoms with E-state index in [-0.39, 0.29) is 0 Å². The first-order valence-corrected chi connectivity index (χ1v) is 8.00. The van der Waals surface area contributed by atoms with Gasteiger partial charge in [0.15, 0.2) is 0 Å². The largest absolute Gasteiger partial charge is 0.384 e. The van der Waals surface area contributed by atoms with Gasteiger partial charge in [-0.05, 0) is 37.1 Å². The third kappa shape index (κ3) is 3.48. The molecule has 0 unspecified atom stereocenters. The molecular formula is C14H14BrN3S. The lowest BCUT2D eigenvalue weighted by molar-refractivity contribution is 0.937. The van der Waals surface area contributed by atoms with Crippen molar-refractivity contribution < 1.29 is 0 Å². The summed E-state index contributed by atoms with van der Waals surface area (Å²) in [4.78, 5) is 10.1. The van der Waals surface area contributed by atoms with Gasteiger partial charge >= 0.3 is 0 Å². The highest BCUT2D eigenvalue weighted by Crippen LogP contribution is 2.39. The first-order chi connectivity index (χ1) is 9.20. The molecule has 0 amide bonds. The van der Waals surface area contributed by atoms with E-state index in [9.17, 15) is 0 Å². The van der Waals surface area contributed by atoms with Crippen LogP contribution < -0.4 is 5.73 Å². The van der Waals surface area contributed by atoms with Crippen LogP contribution in [0.15, 0.2) is 39.7 Å². The Morgan fingerprint density at radius 1 is 1.21 bits per heavy atom. The Hall–Kier alpha value is -1.07.